The highest BCUT2D eigenvalue weighted by Gasteiger charge is 2.20. The van der Waals surface area contributed by atoms with Crippen molar-refractivity contribution in [2.75, 3.05) is 0 Å². The third-order valence-corrected chi connectivity index (χ3v) is 9.78. The molecule has 0 aliphatic heterocycles. The predicted octanol–water partition coefficient (Wildman–Crippen LogP) is 9.83. The largest absolute Gasteiger partial charge is 0.455 e. The van der Waals surface area contributed by atoms with Crippen molar-refractivity contribution in [1.29, 1.82) is 0 Å². The van der Waals surface area contributed by atoms with Crippen molar-refractivity contribution >= 4 is 55.6 Å². The van der Waals surface area contributed by atoms with Crippen LogP contribution in [0.25, 0.3) is 89.5 Å². The second-order valence-corrected chi connectivity index (χ2v) is 12.8. The molecule has 9 aromatic rings. The van der Waals surface area contributed by atoms with E-state index in [1.165, 1.54) is 32.3 Å². The van der Waals surface area contributed by atoms with Crippen LogP contribution in [0.5, 0.6) is 0 Å². The van der Waals surface area contributed by atoms with Crippen LogP contribution in [0.3, 0.4) is 0 Å². The zero-order chi connectivity index (χ0) is 32.3. The van der Waals surface area contributed by atoms with Gasteiger partial charge >= 0.3 is 0 Å². The van der Waals surface area contributed by atoms with Gasteiger partial charge in [-0.3, -0.25) is 0 Å². The summed E-state index contributed by atoms with van der Waals surface area (Å²) in [5.41, 5.74) is 5.98. The normalized spacial score (nSPS) is 14.2. The third kappa shape index (κ3) is 4.72. The van der Waals surface area contributed by atoms with E-state index in [0.717, 1.165) is 56.1 Å². The molecule has 0 saturated carbocycles. The summed E-state index contributed by atoms with van der Waals surface area (Å²) in [4.78, 5) is 15.4. The minimum atomic E-state index is 0.0362. The quantitative estimate of drug-likeness (QED) is 0.195. The summed E-state index contributed by atoms with van der Waals surface area (Å²) in [7, 11) is 0. The van der Waals surface area contributed by atoms with Gasteiger partial charge in [0.2, 0.25) is 0 Å². The van der Waals surface area contributed by atoms with Gasteiger partial charge in [0.05, 0.1) is 0 Å². The van der Waals surface area contributed by atoms with E-state index in [1.54, 1.807) is 0 Å². The number of hydrogen-bond acceptors (Lipinski definition) is 4. The monoisotopic (exact) mass is 627 g/mol. The smallest absolute Gasteiger partial charge is 0.163 e. The van der Waals surface area contributed by atoms with E-state index in [-0.39, 0.29) is 5.92 Å². The van der Waals surface area contributed by atoms with Gasteiger partial charge in [-0.2, -0.15) is 0 Å². The van der Waals surface area contributed by atoms with Crippen LogP contribution >= 0.6 is 0 Å². The molecule has 10 rings (SSSR count). The second-order valence-electron chi connectivity index (χ2n) is 12.8. The van der Waals surface area contributed by atoms with Gasteiger partial charge in [-0.15, -0.1) is 0 Å². The van der Waals surface area contributed by atoms with E-state index in [9.17, 15) is 0 Å². The zero-order valence-electron chi connectivity index (χ0n) is 26.5. The summed E-state index contributed by atoms with van der Waals surface area (Å²) in [6, 6.07) is 51.0. The van der Waals surface area contributed by atoms with Crippen molar-refractivity contribution < 1.29 is 4.42 Å². The van der Waals surface area contributed by atoms with Crippen molar-refractivity contribution in [3.63, 3.8) is 0 Å². The lowest BCUT2D eigenvalue weighted by Gasteiger charge is -2.15. The Morgan fingerprint density at radius 3 is 2.04 bits per heavy atom. The number of rotatable bonds is 4. The van der Waals surface area contributed by atoms with E-state index < -0.39 is 0 Å². The van der Waals surface area contributed by atoms with Crippen molar-refractivity contribution in [3.8, 4) is 33.9 Å². The lowest BCUT2D eigenvalue weighted by atomic mass is 9.95. The van der Waals surface area contributed by atoms with E-state index in [2.05, 4.69) is 158 Å². The van der Waals surface area contributed by atoms with Gasteiger partial charge < -0.3 is 4.42 Å². The van der Waals surface area contributed by atoms with Gasteiger partial charge in [-0.25, -0.2) is 15.0 Å². The van der Waals surface area contributed by atoms with Gasteiger partial charge in [-0.1, -0.05) is 127 Å². The average molecular weight is 628 g/mol. The summed E-state index contributed by atoms with van der Waals surface area (Å²) in [5.74, 6) is 2.14. The molecule has 1 aliphatic carbocycles. The Morgan fingerprint density at radius 1 is 0.490 bits per heavy atom. The number of hydrogen-bond donors (Lipinski definition) is 0. The fourth-order valence-corrected chi connectivity index (χ4v) is 7.31. The highest BCUT2D eigenvalue weighted by Crippen LogP contribution is 2.41. The molecule has 0 saturated heterocycles. The maximum absolute atomic E-state index is 6.57. The van der Waals surface area contributed by atoms with Crippen molar-refractivity contribution in [2.45, 2.75) is 12.3 Å². The van der Waals surface area contributed by atoms with Crippen LogP contribution < -0.4 is 10.4 Å². The van der Waals surface area contributed by atoms with Crippen LogP contribution in [0.1, 0.15) is 18.2 Å². The molecule has 0 amide bonds. The van der Waals surface area contributed by atoms with Crippen molar-refractivity contribution in [2.24, 2.45) is 0 Å². The molecule has 1 unspecified atom stereocenters. The molecule has 0 bridgehead atoms. The Hall–Kier alpha value is -6.39. The van der Waals surface area contributed by atoms with Crippen LogP contribution in [0.2, 0.25) is 0 Å². The van der Waals surface area contributed by atoms with Crippen LogP contribution in [0.4, 0.5) is 0 Å². The fourth-order valence-electron chi connectivity index (χ4n) is 7.31. The highest BCUT2D eigenvalue weighted by molar-refractivity contribution is 6.19. The Labute approximate surface area is 282 Å². The SMILES string of the molecule is C1=c2ccccc2=CC(c2nc(-c3ccc4ccccc4c3)nc(-c3ccc4oc5c6ccccc6c(-c6ccccc6)cc5c4c3)n2)C1. The van der Waals surface area contributed by atoms with Crippen molar-refractivity contribution in [3.05, 3.63) is 162 Å². The Balaban J connectivity index is 1.18. The molecule has 2 aromatic heterocycles. The molecule has 1 aliphatic rings. The number of benzene rings is 7. The molecule has 0 N–H and O–H groups in total. The second kappa shape index (κ2) is 11.1. The number of nitrogens with zero attached hydrogens (tertiary/aromatic N) is 3. The minimum Gasteiger partial charge on any atom is -0.455 e. The Morgan fingerprint density at radius 2 is 1.18 bits per heavy atom. The van der Waals surface area contributed by atoms with Gasteiger partial charge in [-0.05, 0) is 74.5 Å². The van der Waals surface area contributed by atoms with E-state index in [4.69, 9.17) is 19.4 Å². The maximum atomic E-state index is 6.57. The first kappa shape index (κ1) is 27.7. The molecule has 4 nitrogen and oxygen atoms in total. The standard InChI is InChI=1S/C45H29N3O/c1-2-12-30(13-3-1)38-27-40-39-26-35(22-23-41(39)49-42(40)37-17-9-8-16-36(37)38)45-47-43(33-20-18-28-10-4-6-14-31(28)24-33)46-44(48-45)34-21-19-29-11-5-7-15-32(29)25-34/h1-20,22-27,34H,21H2. The average Bonchev–Trinajstić information content (AvgIpc) is 3.55. The van der Waals surface area contributed by atoms with Crippen LogP contribution in [-0.4, -0.2) is 15.0 Å². The molecule has 0 radical (unpaired) electrons. The van der Waals surface area contributed by atoms with Gasteiger partial charge in [0.1, 0.15) is 17.0 Å². The summed E-state index contributed by atoms with van der Waals surface area (Å²) in [5, 5.41) is 9.19. The molecule has 49 heavy (non-hydrogen) atoms. The molecule has 7 aromatic carbocycles. The summed E-state index contributed by atoms with van der Waals surface area (Å²) in [6.45, 7) is 0. The lowest BCUT2D eigenvalue weighted by molar-refractivity contribution is 0.672. The van der Waals surface area contributed by atoms with Crippen molar-refractivity contribution in [1.82, 2.24) is 15.0 Å². The third-order valence-electron chi connectivity index (χ3n) is 9.78. The zero-order valence-corrected chi connectivity index (χ0v) is 26.5. The number of furan rings is 1. The van der Waals surface area contributed by atoms with Crippen LogP contribution in [-0.2, 0) is 0 Å². The lowest BCUT2D eigenvalue weighted by Crippen LogP contribution is -2.28. The van der Waals surface area contributed by atoms with Crippen LogP contribution in [0.15, 0.2) is 150 Å². The topological polar surface area (TPSA) is 51.8 Å². The van der Waals surface area contributed by atoms with E-state index in [1.807, 2.05) is 0 Å². The first-order chi connectivity index (χ1) is 24.2. The minimum absolute atomic E-state index is 0.0362. The maximum Gasteiger partial charge on any atom is 0.163 e. The molecule has 230 valence electrons. The molecule has 0 fully saturated rings. The molecule has 1 atom stereocenters. The van der Waals surface area contributed by atoms with E-state index >= 15 is 0 Å². The summed E-state index contributed by atoms with van der Waals surface area (Å²) in [6.07, 6.45) is 5.41. The fraction of sp³-hybridized carbons (Fsp3) is 0.0444. The highest BCUT2D eigenvalue weighted by atomic mass is 16.3. The summed E-state index contributed by atoms with van der Waals surface area (Å²) >= 11 is 0. The molecule has 2 heterocycles. The number of aromatic nitrogens is 3. The van der Waals surface area contributed by atoms with E-state index in [0.29, 0.717) is 11.6 Å². The predicted molar refractivity (Wildman–Crippen MR) is 200 cm³/mol. The molecular formula is C45H29N3O. The molecule has 0 spiro atoms. The van der Waals surface area contributed by atoms with Gasteiger partial charge in [0.25, 0.3) is 0 Å². The first-order valence-corrected chi connectivity index (χ1v) is 16.7. The first-order valence-electron chi connectivity index (χ1n) is 16.7. The number of fused-ring (bicyclic) bond motifs is 7. The Kier molecular flexibility index (Phi) is 6.28. The van der Waals surface area contributed by atoms with Gasteiger partial charge in [0, 0.05) is 33.2 Å². The Bertz CT molecular complexity index is 2870. The molecule has 4 heteroatoms. The van der Waals surface area contributed by atoms with Crippen LogP contribution in [0, 0.1) is 0 Å². The molecular weight excluding hydrogens is 599 g/mol. The van der Waals surface area contributed by atoms with Gasteiger partial charge in [0.15, 0.2) is 11.6 Å². The summed E-state index contributed by atoms with van der Waals surface area (Å²) < 4.78 is 6.57.